The number of nitrogens with zero attached hydrogens (tertiary/aromatic N) is 2. The van der Waals surface area contributed by atoms with Crippen LogP contribution < -0.4 is 9.47 Å². The van der Waals surface area contributed by atoms with E-state index in [2.05, 4.69) is 22.0 Å². The number of pyridine rings is 1. The van der Waals surface area contributed by atoms with Crippen molar-refractivity contribution < 1.29 is 28.5 Å². The molecular weight excluding hydrogens is 511 g/mol. The number of carboxylic acids is 1. The molecule has 3 aliphatic rings. The van der Waals surface area contributed by atoms with Gasteiger partial charge in [0.2, 0.25) is 5.88 Å². The lowest BCUT2D eigenvalue weighted by atomic mass is 9.91. The molecule has 40 heavy (non-hydrogen) atoms. The van der Waals surface area contributed by atoms with Gasteiger partial charge in [-0.05, 0) is 66.0 Å². The number of aromatic nitrogens is 1. The van der Waals surface area contributed by atoms with Gasteiger partial charge in [-0.3, -0.25) is 9.69 Å². The summed E-state index contributed by atoms with van der Waals surface area (Å²) in [6.07, 6.45) is 5.45. The molecular formula is C32H35FN2O5. The van der Waals surface area contributed by atoms with E-state index in [0.717, 1.165) is 72.5 Å². The molecule has 2 aromatic carbocycles. The highest BCUT2D eigenvalue weighted by molar-refractivity contribution is 5.70. The number of carbonyl (C=O) groups is 1. The molecule has 4 heterocycles. The fourth-order valence-electron chi connectivity index (χ4n) is 6.33. The van der Waals surface area contributed by atoms with Crippen LogP contribution in [0, 0.1) is 11.7 Å². The molecule has 0 saturated carbocycles. The standard InChI is InChI=1S/C32H35FN2O5/c1-19(32(36)37)11-20-3-4-21-6-10-29(40-30(21)12-20)22-5-9-26(27-14-31(38-2)34-15-28(27)33)23(13-22)16-35-24-7-8-25(35)18-39-17-24/h3-5,9,12-15,19,24-25,29H,6-8,10-11,16-18H2,1-2H3,(H,36,37). The summed E-state index contributed by atoms with van der Waals surface area (Å²) in [5.41, 5.74) is 5.48. The molecule has 0 amide bonds. The van der Waals surface area contributed by atoms with E-state index < -0.39 is 11.9 Å². The molecule has 6 rings (SSSR count). The Morgan fingerprint density at radius 3 is 2.67 bits per heavy atom. The average Bonchev–Trinajstić information content (AvgIpc) is 3.17. The first-order chi connectivity index (χ1) is 19.4. The summed E-state index contributed by atoms with van der Waals surface area (Å²) in [5.74, 6) is -0.465. The van der Waals surface area contributed by atoms with Crippen molar-refractivity contribution in [2.24, 2.45) is 5.92 Å². The van der Waals surface area contributed by atoms with Gasteiger partial charge < -0.3 is 19.3 Å². The van der Waals surface area contributed by atoms with Gasteiger partial charge in [-0.15, -0.1) is 0 Å². The fourth-order valence-corrected chi connectivity index (χ4v) is 6.33. The number of hydrogen-bond donors (Lipinski definition) is 1. The van der Waals surface area contributed by atoms with Crippen molar-refractivity contribution in [1.29, 1.82) is 0 Å². The van der Waals surface area contributed by atoms with Crippen LogP contribution in [0.15, 0.2) is 48.7 Å². The van der Waals surface area contributed by atoms with Crippen LogP contribution in [0.25, 0.3) is 11.1 Å². The molecule has 2 bridgehead atoms. The zero-order chi connectivity index (χ0) is 27.8. The largest absolute Gasteiger partial charge is 0.485 e. The van der Waals surface area contributed by atoms with Crippen molar-refractivity contribution in [3.63, 3.8) is 0 Å². The predicted molar refractivity (Wildman–Crippen MR) is 148 cm³/mol. The molecule has 0 radical (unpaired) electrons. The highest BCUT2D eigenvalue weighted by atomic mass is 19.1. The molecule has 4 atom stereocenters. The van der Waals surface area contributed by atoms with Crippen molar-refractivity contribution in [1.82, 2.24) is 9.88 Å². The minimum Gasteiger partial charge on any atom is -0.485 e. The number of methoxy groups -OCH3 is 1. The Labute approximate surface area is 233 Å². The number of carboxylic acid groups (broad SMARTS) is 1. The Morgan fingerprint density at radius 1 is 1.12 bits per heavy atom. The second-order valence-corrected chi connectivity index (χ2v) is 11.2. The Balaban J connectivity index is 1.32. The third-order valence-electron chi connectivity index (χ3n) is 8.62. The summed E-state index contributed by atoms with van der Waals surface area (Å²) in [7, 11) is 1.53. The molecule has 0 aliphatic carbocycles. The van der Waals surface area contributed by atoms with Crippen LogP contribution >= 0.6 is 0 Å². The van der Waals surface area contributed by atoms with Crippen LogP contribution in [0.3, 0.4) is 0 Å². The summed E-state index contributed by atoms with van der Waals surface area (Å²) in [4.78, 5) is 17.9. The van der Waals surface area contributed by atoms with E-state index in [9.17, 15) is 9.90 Å². The Bertz CT molecular complexity index is 1400. The topological polar surface area (TPSA) is 81.1 Å². The Kier molecular flexibility index (Phi) is 7.47. The second-order valence-electron chi connectivity index (χ2n) is 11.2. The van der Waals surface area contributed by atoms with Crippen LogP contribution in [0.2, 0.25) is 0 Å². The third-order valence-corrected chi connectivity index (χ3v) is 8.62. The molecule has 4 unspecified atom stereocenters. The molecule has 3 aliphatic heterocycles. The summed E-state index contributed by atoms with van der Waals surface area (Å²) in [5, 5.41) is 9.33. The lowest BCUT2D eigenvalue weighted by Crippen LogP contribution is -2.45. The number of aliphatic carboxylic acids is 1. The molecule has 8 heteroatoms. The van der Waals surface area contributed by atoms with Gasteiger partial charge in [0.25, 0.3) is 0 Å². The number of morpholine rings is 1. The highest BCUT2D eigenvalue weighted by Crippen LogP contribution is 2.39. The number of ether oxygens (including phenoxy) is 3. The van der Waals surface area contributed by atoms with Crippen LogP contribution in [-0.2, 0) is 28.9 Å². The summed E-state index contributed by atoms with van der Waals surface area (Å²) in [6, 6.07) is 14.6. The van der Waals surface area contributed by atoms with E-state index in [1.807, 2.05) is 24.3 Å². The summed E-state index contributed by atoms with van der Waals surface area (Å²) < 4.78 is 32.7. The van der Waals surface area contributed by atoms with E-state index in [-0.39, 0.29) is 11.9 Å². The molecule has 1 N–H and O–H groups in total. The number of benzene rings is 2. The van der Waals surface area contributed by atoms with Gasteiger partial charge in [0, 0.05) is 30.3 Å². The first-order valence-electron chi connectivity index (χ1n) is 14.1. The minimum atomic E-state index is -0.805. The van der Waals surface area contributed by atoms with Crippen LogP contribution in [0.5, 0.6) is 11.6 Å². The fraction of sp³-hybridized carbons (Fsp3) is 0.438. The SMILES string of the molecule is COc1cc(-c2ccc(C3CCc4ccc(CC(C)C(=O)O)cc4O3)cc2CN2C3CCC2COC3)c(F)cn1. The van der Waals surface area contributed by atoms with E-state index in [1.54, 1.807) is 13.0 Å². The number of rotatable bonds is 8. The minimum absolute atomic E-state index is 0.148. The maximum Gasteiger partial charge on any atom is 0.306 e. The molecule has 7 nitrogen and oxygen atoms in total. The molecule has 210 valence electrons. The van der Waals surface area contributed by atoms with E-state index in [0.29, 0.717) is 36.5 Å². The van der Waals surface area contributed by atoms with Crippen LogP contribution in [0.1, 0.15) is 54.5 Å². The molecule has 3 aromatic rings. The number of hydrogen-bond acceptors (Lipinski definition) is 6. The van der Waals surface area contributed by atoms with Crippen LogP contribution in [-0.4, -0.2) is 53.4 Å². The maximum atomic E-state index is 15.1. The summed E-state index contributed by atoms with van der Waals surface area (Å²) in [6.45, 7) is 3.88. The average molecular weight is 547 g/mol. The first kappa shape index (κ1) is 26.7. The van der Waals surface area contributed by atoms with Gasteiger partial charge in [-0.2, -0.15) is 0 Å². The summed E-state index contributed by atoms with van der Waals surface area (Å²) >= 11 is 0. The van der Waals surface area contributed by atoms with E-state index in [4.69, 9.17) is 14.2 Å². The number of aryl methyl sites for hydroxylation is 1. The van der Waals surface area contributed by atoms with Gasteiger partial charge in [0.05, 0.1) is 32.4 Å². The molecule has 2 saturated heterocycles. The quantitative estimate of drug-likeness (QED) is 0.395. The molecule has 1 aromatic heterocycles. The Morgan fingerprint density at radius 2 is 1.93 bits per heavy atom. The zero-order valence-corrected chi connectivity index (χ0v) is 22.9. The van der Waals surface area contributed by atoms with Crippen molar-refractivity contribution in [2.45, 2.75) is 63.8 Å². The highest BCUT2D eigenvalue weighted by Gasteiger charge is 2.37. The van der Waals surface area contributed by atoms with Gasteiger partial charge >= 0.3 is 5.97 Å². The van der Waals surface area contributed by atoms with Crippen molar-refractivity contribution in [2.75, 3.05) is 20.3 Å². The maximum absolute atomic E-state index is 15.1. The zero-order valence-electron chi connectivity index (χ0n) is 22.9. The van der Waals surface area contributed by atoms with Gasteiger partial charge in [0.15, 0.2) is 0 Å². The Hall–Kier alpha value is -3.49. The molecule has 2 fully saturated rings. The number of fused-ring (bicyclic) bond motifs is 3. The first-order valence-corrected chi connectivity index (χ1v) is 14.1. The normalized spacial score (nSPS) is 22.8. The monoisotopic (exact) mass is 546 g/mol. The predicted octanol–water partition coefficient (Wildman–Crippen LogP) is 5.59. The lowest BCUT2D eigenvalue weighted by Gasteiger charge is -2.35. The molecule has 0 spiro atoms. The van der Waals surface area contributed by atoms with Gasteiger partial charge in [-0.25, -0.2) is 9.37 Å². The third kappa shape index (κ3) is 5.30. The lowest BCUT2D eigenvalue weighted by molar-refractivity contribution is -0.141. The van der Waals surface area contributed by atoms with Gasteiger partial charge in [0.1, 0.15) is 17.7 Å². The van der Waals surface area contributed by atoms with Gasteiger partial charge in [-0.1, -0.05) is 37.3 Å². The second kappa shape index (κ2) is 11.2. The van der Waals surface area contributed by atoms with Crippen LogP contribution in [0.4, 0.5) is 4.39 Å². The van der Waals surface area contributed by atoms with Crippen molar-refractivity contribution in [3.8, 4) is 22.8 Å². The van der Waals surface area contributed by atoms with E-state index in [1.165, 1.54) is 13.3 Å². The van der Waals surface area contributed by atoms with Crippen molar-refractivity contribution >= 4 is 5.97 Å². The van der Waals surface area contributed by atoms with E-state index >= 15 is 4.39 Å². The number of halogens is 1. The van der Waals surface area contributed by atoms with Crippen molar-refractivity contribution in [3.05, 3.63) is 76.7 Å². The smallest absolute Gasteiger partial charge is 0.306 e.